The minimum absolute atomic E-state index is 0.0887. The maximum Gasteiger partial charge on any atom is 0.262 e. The van der Waals surface area contributed by atoms with Gasteiger partial charge in [0.1, 0.15) is 17.9 Å². The van der Waals surface area contributed by atoms with E-state index in [1.165, 1.54) is 0 Å². The molecule has 3 aliphatic heterocycles. The van der Waals surface area contributed by atoms with E-state index in [0.717, 1.165) is 74.7 Å². The van der Waals surface area contributed by atoms with E-state index in [4.69, 9.17) is 22.9 Å². The number of nitrogens with zero attached hydrogens (tertiary/aromatic N) is 5. The number of piperazine rings is 1. The van der Waals surface area contributed by atoms with E-state index in [9.17, 15) is 24.0 Å². The van der Waals surface area contributed by atoms with E-state index in [2.05, 4.69) is 58.0 Å². The molecule has 0 spiro atoms. The number of nitrogens with one attached hydrogen (secondary N) is 2. The van der Waals surface area contributed by atoms with E-state index in [0.29, 0.717) is 27.6 Å². The highest BCUT2D eigenvalue weighted by Gasteiger charge is 2.64. The number of rotatable bonds is 12. The van der Waals surface area contributed by atoms with Crippen molar-refractivity contribution in [3.8, 4) is 5.75 Å². The van der Waals surface area contributed by atoms with Gasteiger partial charge in [-0.1, -0.05) is 51.8 Å². The number of aryl methyl sites for hydroxylation is 1. The van der Waals surface area contributed by atoms with Crippen molar-refractivity contribution in [1.29, 1.82) is 0 Å². The molecule has 57 heavy (non-hydrogen) atoms. The van der Waals surface area contributed by atoms with Crippen LogP contribution in [0.3, 0.4) is 0 Å². The maximum absolute atomic E-state index is 13.3. The van der Waals surface area contributed by atoms with Crippen molar-refractivity contribution in [3.63, 3.8) is 0 Å². The summed E-state index contributed by atoms with van der Waals surface area (Å²) in [5.41, 5.74) is 2.59. The Labute approximate surface area is 337 Å². The second-order valence-electron chi connectivity index (χ2n) is 16.6. The summed E-state index contributed by atoms with van der Waals surface area (Å²) in [6.07, 6.45) is 5.63. The number of ether oxygens (including phenoxy) is 1. The molecule has 0 bridgehead atoms. The number of carbonyl (C=O) groups is 5. The van der Waals surface area contributed by atoms with Crippen molar-refractivity contribution in [3.05, 3.63) is 93.6 Å². The molecule has 3 aromatic rings. The summed E-state index contributed by atoms with van der Waals surface area (Å²) in [7, 11) is 0. The van der Waals surface area contributed by atoms with Gasteiger partial charge in [-0.2, -0.15) is 0 Å². The number of aromatic nitrogens is 1. The normalized spacial score (nSPS) is 22.7. The minimum atomic E-state index is -0.975. The Balaban J connectivity index is 0.820. The van der Waals surface area contributed by atoms with Gasteiger partial charge in [-0.25, -0.2) is 4.85 Å². The fourth-order valence-corrected chi connectivity index (χ4v) is 9.43. The first-order valence-electron chi connectivity index (χ1n) is 19.6. The molecule has 3 fully saturated rings. The lowest BCUT2D eigenvalue weighted by molar-refractivity contribution is -0.164. The number of hydrogen-bond donors (Lipinski definition) is 2. The van der Waals surface area contributed by atoms with Crippen molar-refractivity contribution in [2.45, 2.75) is 84.4 Å². The van der Waals surface area contributed by atoms with Crippen molar-refractivity contribution < 1.29 is 28.7 Å². The van der Waals surface area contributed by atoms with Crippen LogP contribution in [0.15, 0.2) is 54.7 Å². The van der Waals surface area contributed by atoms with Gasteiger partial charge in [-0.15, -0.1) is 0 Å². The molecule has 1 saturated carbocycles. The van der Waals surface area contributed by atoms with Crippen LogP contribution in [0.25, 0.3) is 4.85 Å². The van der Waals surface area contributed by atoms with E-state index in [1.54, 1.807) is 36.5 Å². The van der Waals surface area contributed by atoms with Crippen LogP contribution in [0.1, 0.15) is 96.6 Å². The summed E-state index contributed by atoms with van der Waals surface area (Å²) in [5.74, 6) is -1.57. The van der Waals surface area contributed by atoms with Crippen LogP contribution in [-0.4, -0.2) is 95.2 Å². The molecule has 1 unspecified atom stereocenters. The van der Waals surface area contributed by atoms with Crippen LogP contribution in [0.5, 0.6) is 5.75 Å². The summed E-state index contributed by atoms with van der Waals surface area (Å²) in [6, 6.07) is 13.0. The summed E-state index contributed by atoms with van der Waals surface area (Å²) < 4.78 is 6.35. The molecule has 4 heterocycles. The Kier molecular flexibility index (Phi) is 11.1. The molecule has 7 rings (SSSR count). The van der Waals surface area contributed by atoms with Crippen LogP contribution in [-0.2, 0) is 16.0 Å². The molecule has 2 saturated heterocycles. The number of fused-ring (bicyclic) bond motifs is 1. The van der Waals surface area contributed by atoms with Crippen LogP contribution >= 0.6 is 11.6 Å². The fraction of sp³-hybridized carbons (Fsp3) is 0.465. The Hall–Kier alpha value is -5.32. The van der Waals surface area contributed by atoms with Crippen LogP contribution in [0, 0.1) is 17.4 Å². The first-order chi connectivity index (χ1) is 27.2. The largest absolute Gasteiger partial charge is 0.489 e. The molecule has 5 amide bonds. The Bertz CT molecular complexity index is 2120. The first-order valence-corrected chi connectivity index (χ1v) is 20.0. The summed E-state index contributed by atoms with van der Waals surface area (Å²) in [5, 5.41) is 5.81. The summed E-state index contributed by atoms with van der Waals surface area (Å²) >= 11 is 6.24. The van der Waals surface area contributed by atoms with Crippen LogP contribution in [0.2, 0.25) is 5.02 Å². The van der Waals surface area contributed by atoms with Crippen molar-refractivity contribution in [2.75, 3.05) is 37.6 Å². The van der Waals surface area contributed by atoms with Gasteiger partial charge in [0.25, 0.3) is 17.7 Å². The van der Waals surface area contributed by atoms with Crippen molar-refractivity contribution in [2.24, 2.45) is 10.8 Å². The van der Waals surface area contributed by atoms with Gasteiger partial charge >= 0.3 is 0 Å². The predicted molar refractivity (Wildman–Crippen MR) is 215 cm³/mol. The second kappa shape index (κ2) is 15.9. The molecular weight excluding hydrogens is 746 g/mol. The van der Waals surface area contributed by atoms with Gasteiger partial charge in [-0.3, -0.25) is 44.1 Å². The zero-order valence-corrected chi connectivity index (χ0v) is 33.5. The predicted octanol–water partition coefficient (Wildman–Crippen LogP) is 5.83. The molecule has 4 aliphatic rings. The number of piperidine rings is 1. The molecule has 1 aromatic heterocycles. The number of imide groups is 2. The Morgan fingerprint density at radius 3 is 2.35 bits per heavy atom. The van der Waals surface area contributed by atoms with Gasteiger partial charge in [0.05, 0.1) is 28.3 Å². The lowest BCUT2D eigenvalue weighted by Crippen LogP contribution is -2.74. The van der Waals surface area contributed by atoms with Crippen LogP contribution in [0.4, 0.5) is 11.4 Å². The summed E-state index contributed by atoms with van der Waals surface area (Å²) in [6.45, 7) is 19.9. The number of anilines is 1. The van der Waals surface area contributed by atoms with E-state index in [-0.39, 0.29) is 47.3 Å². The highest BCUT2D eigenvalue weighted by Crippen LogP contribution is 2.55. The topological polar surface area (TPSA) is 146 Å². The number of hydrogen-bond acceptors (Lipinski definition) is 9. The smallest absolute Gasteiger partial charge is 0.262 e. The standard InChI is InChI=1S/C43H48ClN7O6/c1-42(2)40(43(3,4)41(42)57-29-13-15-33(45-5)32(44)24-29)48-36(53)26-10-11-27(46-25-26)9-7-6-8-18-49-19-21-50(22-20-49)28-12-14-30-31(23-28)39(56)51(38(30)55)34-16-17-35(52)47-37(34)54/h10-15,23-25,34,40-41H,6-9,16-22H2,1-4H3,(H,48,53)(H,47,52,54). The zero-order chi connectivity index (χ0) is 40.6. The first kappa shape index (κ1) is 39.9. The quantitative estimate of drug-likeness (QED) is 0.131. The SMILES string of the molecule is [C-]#[N+]c1ccc(OC2C(C)(C)C(NC(=O)c3ccc(CCCCCN4CCN(c5ccc6c(c5)C(=O)N(C5CCC(=O)NC5=O)C6=O)CC4)nc3)C2(C)C)cc1Cl. The highest BCUT2D eigenvalue weighted by molar-refractivity contribution is 6.33. The third-order valence-corrected chi connectivity index (χ3v) is 12.4. The van der Waals surface area contributed by atoms with E-state index >= 15 is 0 Å². The third kappa shape index (κ3) is 7.85. The molecule has 2 N–H and O–H groups in total. The van der Waals surface area contributed by atoms with Crippen molar-refractivity contribution in [1.82, 2.24) is 25.4 Å². The lowest BCUT2D eigenvalue weighted by atomic mass is 9.49. The minimum Gasteiger partial charge on any atom is -0.489 e. The molecule has 14 heteroatoms. The van der Waals surface area contributed by atoms with Gasteiger partial charge < -0.3 is 15.0 Å². The lowest BCUT2D eigenvalue weighted by Gasteiger charge is -2.63. The molecule has 298 valence electrons. The van der Waals surface area contributed by atoms with Crippen molar-refractivity contribution >= 4 is 52.5 Å². The van der Waals surface area contributed by atoms with Crippen LogP contribution < -0.4 is 20.3 Å². The average molecular weight is 794 g/mol. The Morgan fingerprint density at radius 1 is 0.947 bits per heavy atom. The number of unbranched alkanes of at least 4 members (excludes halogenated alkanes) is 2. The zero-order valence-electron chi connectivity index (χ0n) is 32.8. The molecule has 13 nitrogen and oxygen atoms in total. The molecule has 1 atom stereocenters. The van der Waals surface area contributed by atoms with E-state index in [1.807, 2.05) is 18.2 Å². The van der Waals surface area contributed by atoms with Gasteiger partial charge in [0.2, 0.25) is 17.5 Å². The highest BCUT2D eigenvalue weighted by atomic mass is 35.5. The van der Waals surface area contributed by atoms with E-state index < -0.39 is 29.7 Å². The maximum atomic E-state index is 13.3. The number of benzene rings is 2. The number of carbonyl (C=O) groups excluding carboxylic acids is 5. The average Bonchev–Trinajstić information content (AvgIpc) is 3.44. The molecular formula is C43H48ClN7O6. The number of amides is 5. The molecule has 1 aliphatic carbocycles. The summed E-state index contributed by atoms with van der Waals surface area (Å²) in [4.78, 5) is 77.3. The van der Waals surface area contributed by atoms with Gasteiger partial charge in [0.15, 0.2) is 0 Å². The monoisotopic (exact) mass is 793 g/mol. The fourth-order valence-electron chi connectivity index (χ4n) is 9.21. The molecule has 0 radical (unpaired) electrons. The Morgan fingerprint density at radius 2 is 1.68 bits per heavy atom. The van der Waals surface area contributed by atoms with Gasteiger partial charge in [-0.05, 0) is 74.7 Å². The van der Waals surface area contributed by atoms with Gasteiger partial charge in [0, 0.05) is 67.0 Å². The number of pyridine rings is 1. The molecule has 2 aromatic carbocycles. The third-order valence-electron chi connectivity index (χ3n) is 12.1. The number of halogens is 1. The second-order valence-corrected chi connectivity index (χ2v) is 17.0.